The summed E-state index contributed by atoms with van der Waals surface area (Å²) in [6, 6.07) is 0. The van der Waals surface area contributed by atoms with Gasteiger partial charge in [0.15, 0.2) is 0 Å². The number of allylic oxidation sites excluding steroid dienone is 1. The van der Waals surface area contributed by atoms with Gasteiger partial charge < -0.3 is 5.32 Å². The fourth-order valence-corrected chi connectivity index (χ4v) is 2.90. The quantitative estimate of drug-likeness (QED) is 0.651. The maximum absolute atomic E-state index is 4.81. The van der Waals surface area contributed by atoms with Crippen LogP contribution in [0.4, 0.5) is 0 Å². The Morgan fingerprint density at radius 1 is 1.24 bits per heavy atom. The fourth-order valence-electron chi connectivity index (χ4n) is 2.90. The van der Waals surface area contributed by atoms with Crippen molar-refractivity contribution in [2.45, 2.75) is 60.4 Å². The Morgan fingerprint density at radius 3 is 2.12 bits per heavy atom. The summed E-state index contributed by atoms with van der Waals surface area (Å²) in [5.74, 6) is 0.657. The van der Waals surface area contributed by atoms with E-state index in [1.807, 2.05) is 0 Å². The molecule has 0 spiro atoms. The second kappa shape index (κ2) is 5.43. The van der Waals surface area contributed by atoms with E-state index in [9.17, 15) is 0 Å². The molecule has 1 heterocycles. The van der Waals surface area contributed by atoms with E-state index >= 15 is 0 Å². The van der Waals surface area contributed by atoms with Gasteiger partial charge in [0, 0.05) is 32.7 Å². The minimum atomic E-state index is 0. The third-order valence-electron chi connectivity index (χ3n) is 4.53. The molecular formula is C15H28NY-. The van der Waals surface area contributed by atoms with Gasteiger partial charge in [0.05, 0.1) is 0 Å². The smallest absolute Gasteiger partial charge is 0 e. The van der Waals surface area contributed by atoms with Crippen molar-refractivity contribution in [3.05, 3.63) is 17.5 Å². The van der Waals surface area contributed by atoms with Crippen molar-refractivity contribution < 1.29 is 32.7 Å². The Hall–Kier alpha value is 0.804. The van der Waals surface area contributed by atoms with E-state index in [0.29, 0.717) is 5.92 Å². The van der Waals surface area contributed by atoms with Gasteiger partial charge in [-0.1, -0.05) is 65.5 Å². The zero-order valence-corrected chi connectivity index (χ0v) is 15.6. The molecule has 0 N–H and O–H groups in total. The van der Waals surface area contributed by atoms with E-state index in [2.05, 4.69) is 55.0 Å². The molecule has 0 amide bonds. The number of hydrogen-bond acceptors (Lipinski definition) is 0. The van der Waals surface area contributed by atoms with Gasteiger partial charge >= 0.3 is 0 Å². The first-order valence-corrected chi connectivity index (χ1v) is 6.34. The molecule has 1 unspecified atom stereocenters. The Balaban J connectivity index is 0.00000256. The summed E-state index contributed by atoms with van der Waals surface area (Å²) in [6.45, 7) is 21.2. The summed E-state index contributed by atoms with van der Waals surface area (Å²) < 4.78 is 0. The molecule has 1 atom stereocenters. The van der Waals surface area contributed by atoms with Crippen molar-refractivity contribution >= 4 is 0 Å². The van der Waals surface area contributed by atoms with Crippen LogP contribution in [0.2, 0.25) is 0 Å². The summed E-state index contributed by atoms with van der Waals surface area (Å²) in [5.41, 5.74) is 1.92. The normalized spacial score (nSPS) is 27.1. The first kappa shape index (κ1) is 17.8. The minimum absolute atomic E-state index is 0. The summed E-state index contributed by atoms with van der Waals surface area (Å²) in [4.78, 5) is 0. The van der Waals surface area contributed by atoms with Crippen LogP contribution >= 0.6 is 0 Å². The molecule has 1 radical (unpaired) electrons. The third-order valence-corrected chi connectivity index (χ3v) is 4.53. The van der Waals surface area contributed by atoms with Gasteiger partial charge in [-0.05, 0) is 18.3 Å². The van der Waals surface area contributed by atoms with Gasteiger partial charge in [0.1, 0.15) is 0 Å². The number of hydrogen-bond donors (Lipinski definition) is 0. The molecule has 0 aromatic carbocycles. The second-order valence-corrected chi connectivity index (χ2v) is 7.38. The monoisotopic (exact) mass is 311 g/mol. The van der Waals surface area contributed by atoms with Crippen LogP contribution in [0.25, 0.3) is 5.32 Å². The molecule has 1 fully saturated rings. The van der Waals surface area contributed by atoms with Crippen LogP contribution in [0.3, 0.4) is 0 Å². The van der Waals surface area contributed by atoms with Gasteiger partial charge in [0.2, 0.25) is 0 Å². The number of nitrogens with zero attached hydrogens (tertiary/aromatic N) is 1. The van der Waals surface area contributed by atoms with Crippen molar-refractivity contribution in [3.8, 4) is 0 Å². The van der Waals surface area contributed by atoms with E-state index in [1.54, 1.807) is 0 Å². The predicted octanol–water partition coefficient (Wildman–Crippen LogP) is 4.78. The van der Waals surface area contributed by atoms with Crippen molar-refractivity contribution in [2.75, 3.05) is 6.54 Å². The number of rotatable bonds is 2. The maximum atomic E-state index is 4.81. The molecule has 2 heteroatoms. The summed E-state index contributed by atoms with van der Waals surface area (Å²) >= 11 is 0. The second-order valence-electron chi connectivity index (χ2n) is 7.38. The number of piperidine rings is 1. The first-order valence-electron chi connectivity index (χ1n) is 6.34. The van der Waals surface area contributed by atoms with Crippen LogP contribution in [0.15, 0.2) is 12.2 Å². The summed E-state index contributed by atoms with van der Waals surface area (Å²) in [6.07, 6.45) is 1.17. The Kier molecular flexibility index (Phi) is 5.69. The van der Waals surface area contributed by atoms with Gasteiger partial charge in [-0.2, -0.15) is 0 Å². The van der Waals surface area contributed by atoms with E-state index in [0.717, 1.165) is 6.54 Å². The third kappa shape index (κ3) is 3.88. The van der Waals surface area contributed by atoms with Crippen molar-refractivity contribution in [1.29, 1.82) is 0 Å². The van der Waals surface area contributed by atoms with Crippen LogP contribution in [0.1, 0.15) is 54.9 Å². The average molecular weight is 311 g/mol. The molecule has 1 saturated heterocycles. The van der Waals surface area contributed by atoms with Crippen molar-refractivity contribution in [3.63, 3.8) is 0 Å². The molecule has 0 aromatic rings. The van der Waals surface area contributed by atoms with Crippen molar-refractivity contribution in [1.82, 2.24) is 0 Å². The molecule has 0 aromatic heterocycles. The molecule has 1 aliphatic heterocycles. The standard InChI is InChI=1S/C15H28N.Y/c1-11(2)15(7,8)12-9-14(5,6)16-10-13(12,3)4;/h12H,1,9-10H2,2-8H3;/q-1;. The van der Waals surface area contributed by atoms with E-state index in [1.165, 1.54) is 12.0 Å². The fraction of sp³-hybridized carbons (Fsp3) is 0.867. The largest absolute Gasteiger partial charge is 0.657 e. The summed E-state index contributed by atoms with van der Waals surface area (Å²) in [7, 11) is 0. The molecule has 0 saturated carbocycles. The molecule has 1 aliphatic rings. The maximum Gasteiger partial charge on any atom is 0 e. The molecule has 97 valence electrons. The zero-order chi connectivity index (χ0) is 12.8. The molecule has 0 bridgehead atoms. The molecular weight excluding hydrogens is 283 g/mol. The van der Waals surface area contributed by atoms with E-state index in [-0.39, 0.29) is 49.1 Å². The molecule has 17 heavy (non-hydrogen) atoms. The molecule has 1 nitrogen and oxygen atoms in total. The Labute approximate surface area is 133 Å². The first-order chi connectivity index (χ1) is 6.99. The van der Waals surface area contributed by atoms with Gasteiger partial charge in [-0.3, -0.25) is 0 Å². The van der Waals surface area contributed by atoms with Crippen molar-refractivity contribution in [2.24, 2.45) is 16.7 Å². The minimum Gasteiger partial charge on any atom is -0.657 e. The van der Waals surface area contributed by atoms with Crippen LogP contribution in [0, 0.1) is 16.7 Å². The Bertz CT molecular complexity index is 289. The van der Waals surface area contributed by atoms with Gasteiger partial charge in [0.25, 0.3) is 0 Å². The molecule has 0 aliphatic carbocycles. The Morgan fingerprint density at radius 2 is 1.71 bits per heavy atom. The average Bonchev–Trinajstić information content (AvgIpc) is 2.09. The van der Waals surface area contributed by atoms with E-state index in [4.69, 9.17) is 5.32 Å². The molecule has 1 rings (SSSR count). The van der Waals surface area contributed by atoms with Gasteiger partial charge in [-0.15, -0.1) is 12.1 Å². The summed E-state index contributed by atoms with van der Waals surface area (Å²) in [5, 5.41) is 4.81. The zero-order valence-electron chi connectivity index (χ0n) is 12.7. The van der Waals surface area contributed by atoms with Crippen LogP contribution in [-0.2, 0) is 32.7 Å². The SMILES string of the molecule is C=C(C)C(C)(C)C1CC(C)(C)[N-]CC1(C)C.[Y]. The van der Waals surface area contributed by atoms with Crippen LogP contribution in [0.5, 0.6) is 0 Å². The topological polar surface area (TPSA) is 14.1 Å². The van der Waals surface area contributed by atoms with Gasteiger partial charge in [-0.25, -0.2) is 0 Å². The predicted molar refractivity (Wildman–Crippen MR) is 72.8 cm³/mol. The van der Waals surface area contributed by atoms with E-state index < -0.39 is 0 Å². The van der Waals surface area contributed by atoms with Crippen LogP contribution < -0.4 is 0 Å². The van der Waals surface area contributed by atoms with Crippen LogP contribution in [-0.4, -0.2) is 12.1 Å².